The van der Waals surface area contributed by atoms with E-state index in [1.54, 1.807) is 12.1 Å². The van der Waals surface area contributed by atoms with Crippen LogP contribution in [0, 0.1) is 11.2 Å². The van der Waals surface area contributed by atoms with E-state index < -0.39 is 17.5 Å². The number of carbonyl (C=O) groups excluding carboxylic acids is 1. The van der Waals surface area contributed by atoms with Crippen molar-refractivity contribution in [3.63, 3.8) is 0 Å². The van der Waals surface area contributed by atoms with E-state index in [-0.39, 0.29) is 23.1 Å². The van der Waals surface area contributed by atoms with Crippen LogP contribution in [0.25, 0.3) is 0 Å². The highest BCUT2D eigenvalue weighted by molar-refractivity contribution is 5.89. The lowest BCUT2D eigenvalue weighted by atomic mass is 9.58. The van der Waals surface area contributed by atoms with E-state index in [1.165, 1.54) is 12.1 Å². The molecule has 2 atom stereocenters. The number of benzene rings is 1. The van der Waals surface area contributed by atoms with Crippen LogP contribution in [0.2, 0.25) is 0 Å². The Morgan fingerprint density at radius 1 is 1.25 bits per heavy atom. The van der Waals surface area contributed by atoms with E-state index in [4.69, 9.17) is 9.47 Å². The number of aliphatic hydroxyl groups is 1. The SMILES string of the molecule is O=C(N[C@@H]1C[C@@H](O)C12CCOCC2)C1(Oc2ccccc2F)CC1. The zero-order chi connectivity index (χ0) is 16.8. The molecule has 2 aliphatic carbocycles. The van der Waals surface area contributed by atoms with Gasteiger partial charge in [-0.25, -0.2) is 4.39 Å². The van der Waals surface area contributed by atoms with Gasteiger partial charge in [0, 0.05) is 37.5 Å². The van der Waals surface area contributed by atoms with Crippen LogP contribution in [0.15, 0.2) is 24.3 Å². The van der Waals surface area contributed by atoms with Crippen molar-refractivity contribution >= 4 is 5.91 Å². The number of hydrogen-bond acceptors (Lipinski definition) is 4. The van der Waals surface area contributed by atoms with Gasteiger partial charge >= 0.3 is 0 Å². The van der Waals surface area contributed by atoms with Crippen LogP contribution in [-0.4, -0.2) is 42.0 Å². The minimum Gasteiger partial charge on any atom is -0.474 e. The predicted molar refractivity (Wildman–Crippen MR) is 84.0 cm³/mol. The summed E-state index contributed by atoms with van der Waals surface area (Å²) in [5, 5.41) is 13.3. The summed E-state index contributed by atoms with van der Waals surface area (Å²) in [5.74, 6) is -0.551. The second-order valence-corrected chi connectivity index (χ2v) is 7.15. The van der Waals surface area contributed by atoms with Gasteiger partial charge in [0.25, 0.3) is 5.91 Å². The summed E-state index contributed by atoms with van der Waals surface area (Å²) in [6.07, 6.45) is 2.83. The molecule has 1 aromatic rings. The van der Waals surface area contributed by atoms with E-state index in [9.17, 15) is 14.3 Å². The van der Waals surface area contributed by atoms with Crippen LogP contribution in [0.4, 0.5) is 4.39 Å². The molecule has 6 heteroatoms. The van der Waals surface area contributed by atoms with E-state index in [2.05, 4.69) is 5.32 Å². The summed E-state index contributed by atoms with van der Waals surface area (Å²) >= 11 is 0. The minimum atomic E-state index is -0.963. The molecule has 130 valence electrons. The van der Waals surface area contributed by atoms with E-state index in [1.807, 2.05) is 0 Å². The highest BCUT2D eigenvalue weighted by Gasteiger charge is 2.59. The van der Waals surface area contributed by atoms with Gasteiger partial charge in [0.1, 0.15) is 0 Å². The first-order valence-corrected chi connectivity index (χ1v) is 8.56. The molecule has 4 rings (SSSR count). The second kappa shape index (κ2) is 5.70. The smallest absolute Gasteiger partial charge is 0.264 e. The molecular weight excluding hydrogens is 313 g/mol. The highest BCUT2D eigenvalue weighted by Crippen LogP contribution is 2.50. The Morgan fingerprint density at radius 3 is 2.58 bits per heavy atom. The zero-order valence-corrected chi connectivity index (χ0v) is 13.5. The Hall–Kier alpha value is -1.66. The first kappa shape index (κ1) is 15.8. The minimum absolute atomic E-state index is 0.0643. The van der Waals surface area contributed by atoms with Gasteiger partial charge in [0.05, 0.1) is 6.10 Å². The number of rotatable bonds is 4. The molecular formula is C18H22FNO4. The van der Waals surface area contributed by atoms with Crippen molar-refractivity contribution in [1.82, 2.24) is 5.32 Å². The Kier molecular flexibility index (Phi) is 3.77. The molecule has 2 N–H and O–H groups in total. The van der Waals surface area contributed by atoms with Crippen LogP contribution in [0.3, 0.4) is 0 Å². The van der Waals surface area contributed by atoms with Gasteiger partial charge in [-0.05, 0) is 31.4 Å². The van der Waals surface area contributed by atoms with Gasteiger partial charge in [-0.15, -0.1) is 0 Å². The van der Waals surface area contributed by atoms with Crippen LogP contribution in [-0.2, 0) is 9.53 Å². The number of aliphatic hydroxyl groups excluding tert-OH is 1. The largest absolute Gasteiger partial charge is 0.474 e. The Labute approximate surface area is 140 Å². The van der Waals surface area contributed by atoms with Gasteiger partial charge in [0.2, 0.25) is 0 Å². The lowest BCUT2D eigenvalue weighted by molar-refractivity contribution is -0.159. The van der Waals surface area contributed by atoms with Crippen molar-refractivity contribution < 1.29 is 23.8 Å². The third-order valence-electron chi connectivity index (χ3n) is 5.81. The topological polar surface area (TPSA) is 67.8 Å². The third-order valence-corrected chi connectivity index (χ3v) is 5.81. The van der Waals surface area contributed by atoms with E-state index >= 15 is 0 Å². The summed E-state index contributed by atoms with van der Waals surface area (Å²) in [6.45, 7) is 1.22. The Bertz CT molecular complexity index is 640. The van der Waals surface area contributed by atoms with E-state index in [0.717, 1.165) is 12.8 Å². The summed E-state index contributed by atoms with van der Waals surface area (Å²) < 4.78 is 24.9. The average molecular weight is 335 g/mol. The fraction of sp³-hybridized carbons (Fsp3) is 0.611. The highest BCUT2D eigenvalue weighted by atomic mass is 19.1. The van der Waals surface area contributed by atoms with Crippen molar-refractivity contribution in [1.29, 1.82) is 0 Å². The van der Waals surface area contributed by atoms with Gasteiger partial charge in [-0.3, -0.25) is 4.79 Å². The van der Waals surface area contributed by atoms with Crippen molar-refractivity contribution in [3.05, 3.63) is 30.1 Å². The van der Waals surface area contributed by atoms with Crippen LogP contribution in [0.1, 0.15) is 32.1 Å². The number of hydrogen-bond donors (Lipinski definition) is 2. The summed E-state index contributed by atoms with van der Waals surface area (Å²) in [5.41, 5.74) is -1.24. The molecule has 1 amide bonds. The molecule has 24 heavy (non-hydrogen) atoms. The fourth-order valence-corrected chi connectivity index (χ4v) is 3.92. The standard InChI is InChI=1S/C18H22FNO4/c19-12-3-1-2-4-13(12)24-18(5-6-18)16(22)20-14-11-15(21)17(14)7-9-23-10-8-17/h1-4,14-15,21H,5-11H2,(H,20,22)/t14-,15-/m1/s1. The van der Waals surface area contributed by atoms with Gasteiger partial charge in [0.15, 0.2) is 17.2 Å². The van der Waals surface area contributed by atoms with Crippen LogP contribution in [0.5, 0.6) is 5.75 Å². The summed E-state index contributed by atoms with van der Waals surface area (Å²) in [6, 6.07) is 6.07. The number of amides is 1. The van der Waals surface area contributed by atoms with Gasteiger partial charge in [-0.2, -0.15) is 0 Å². The quantitative estimate of drug-likeness (QED) is 0.880. The summed E-state index contributed by atoms with van der Waals surface area (Å²) in [4.78, 5) is 12.7. The lowest BCUT2D eigenvalue weighted by Crippen LogP contribution is -2.67. The third kappa shape index (κ3) is 2.48. The van der Waals surface area contributed by atoms with E-state index in [0.29, 0.717) is 32.5 Å². The monoisotopic (exact) mass is 335 g/mol. The maximum Gasteiger partial charge on any atom is 0.264 e. The Balaban J connectivity index is 1.44. The molecule has 3 fully saturated rings. The molecule has 2 saturated carbocycles. The van der Waals surface area contributed by atoms with Gasteiger partial charge < -0.3 is 19.9 Å². The molecule has 1 heterocycles. The van der Waals surface area contributed by atoms with Crippen molar-refractivity contribution in [2.24, 2.45) is 5.41 Å². The molecule has 1 saturated heterocycles. The van der Waals surface area contributed by atoms with Gasteiger partial charge in [-0.1, -0.05) is 12.1 Å². The molecule has 1 aliphatic heterocycles. The number of halogens is 1. The molecule has 0 radical (unpaired) electrons. The predicted octanol–water partition coefficient (Wildman–Crippen LogP) is 1.78. The molecule has 5 nitrogen and oxygen atoms in total. The molecule has 1 aromatic carbocycles. The summed E-state index contributed by atoms with van der Waals surface area (Å²) in [7, 11) is 0. The zero-order valence-electron chi connectivity index (χ0n) is 13.5. The number of carbonyl (C=O) groups is 1. The van der Waals surface area contributed by atoms with Crippen LogP contribution < -0.4 is 10.1 Å². The van der Waals surface area contributed by atoms with Crippen LogP contribution >= 0.6 is 0 Å². The number of ether oxygens (including phenoxy) is 2. The molecule has 0 bridgehead atoms. The van der Waals surface area contributed by atoms with Crippen molar-refractivity contribution in [2.45, 2.75) is 49.9 Å². The molecule has 0 unspecified atom stereocenters. The first-order valence-electron chi connectivity index (χ1n) is 8.56. The first-order chi connectivity index (χ1) is 11.6. The average Bonchev–Trinajstić information content (AvgIpc) is 3.38. The Morgan fingerprint density at radius 2 is 1.96 bits per heavy atom. The molecule has 3 aliphatic rings. The molecule has 0 aromatic heterocycles. The van der Waals surface area contributed by atoms with Crippen molar-refractivity contribution in [2.75, 3.05) is 13.2 Å². The second-order valence-electron chi connectivity index (χ2n) is 7.15. The van der Waals surface area contributed by atoms with Crippen molar-refractivity contribution in [3.8, 4) is 5.75 Å². The maximum atomic E-state index is 13.8. The fourth-order valence-electron chi connectivity index (χ4n) is 3.92. The number of para-hydroxylation sites is 1. The number of nitrogens with one attached hydrogen (secondary N) is 1. The lowest BCUT2D eigenvalue weighted by Gasteiger charge is -2.55. The molecule has 1 spiro atoms. The maximum absolute atomic E-state index is 13.8. The normalized spacial score (nSPS) is 29.6.